The fraction of sp³-hybridized carbons (Fsp3) is 0.192. The lowest BCUT2D eigenvalue weighted by atomic mass is 10.1. The topological polar surface area (TPSA) is 96.2 Å². The van der Waals surface area contributed by atoms with Crippen LogP contribution in [0, 0.1) is 25.2 Å². The quantitative estimate of drug-likeness (QED) is 0.398. The van der Waals surface area contributed by atoms with Crippen molar-refractivity contribution in [1.29, 1.82) is 5.26 Å². The van der Waals surface area contributed by atoms with Crippen LogP contribution in [-0.2, 0) is 9.59 Å². The summed E-state index contributed by atoms with van der Waals surface area (Å²) >= 11 is 0. The number of benzene rings is 2. The minimum atomic E-state index is -0.480. The molecule has 0 saturated carbocycles. The fourth-order valence-electron chi connectivity index (χ4n) is 3.53. The van der Waals surface area contributed by atoms with Gasteiger partial charge in [-0.15, -0.1) is 0 Å². The van der Waals surface area contributed by atoms with Crippen LogP contribution < -0.4 is 15.4 Å². The Labute approximate surface area is 193 Å². The van der Waals surface area contributed by atoms with Gasteiger partial charge < -0.3 is 19.9 Å². The van der Waals surface area contributed by atoms with Crippen LogP contribution in [0.3, 0.4) is 0 Å². The number of anilines is 2. The van der Waals surface area contributed by atoms with E-state index in [2.05, 4.69) is 10.6 Å². The lowest BCUT2D eigenvalue weighted by Crippen LogP contribution is -2.13. The van der Waals surface area contributed by atoms with E-state index < -0.39 is 5.91 Å². The third kappa shape index (κ3) is 5.69. The minimum Gasteiger partial charge on any atom is -0.494 e. The smallest absolute Gasteiger partial charge is 0.266 e. The zero-order valence-corrected chi connectivity index (χ0v) is 19.1. The van der Waals surface area contributed by atoms with Gasteiger partial charge in [0.25, 0.3) is 5.91 Å². The number of nitrogens with zero attached hydrogens (tertiary/aromatic N) is 2. The van der Waals surface area contributed by atoms with Gasteiger partial charge in [0.05, 0.1) is 6.61 Å². The maximum Gasteiger partial charge on any atom is 0.266 e. The highest BCUT2D eigenvalue weighted by atomic mass is 16.5. The summed E-state index contributed by atoms with van der Waals surface area (Å²) in [6.07, 6.45) is 1.59. The van der Waals surface area contributed by atoms with Gasteiger partial charge in [0.2, 0.25) is 5.91 Å². The van der Waals surface area contributed by atoms with E-state index in [0.29, 0.717) is 23.7 Å². The molecule has 0 fully saturated rings. The molecule has 7 nitrogen and oxygen atoms in total. The van der Waals surface area contributed by atoms with Crippen molar-refractivity contribution in [2.75, 3.05) is 17.2 Å². The molecule has 1 aromatic heterocycles. The van der Waals surface area contributed by atoms with Crippen molar-refractivity contribution >= 4 is 29.3 Å². The van der Waals surface area contributed by atoms with Crippen molar-refractivity contribution in [3.63, 3.8) is 0 Å². The molecule has 3 aromatic rings. The average molecular weight is 443 g/mol. The van der Waals surface area contributed by atoms with Gasteiger partial charge in [0.1, 0.15) is 17.4 Å². The minimum absolute atomic E-state index is 0.00476. The van der Waals surface area contributed by atoms with E-state index in [4.69, 9.17) is 4.74 Å². The molecule has 0 bridgehead atoms. The maximum absolute atomic E-state index is 12.7. The van der Waals surface area contributed by atoms with Crippen LogP contribution in [0.5, 0.6) is 5.75 Å². The van der Waals surface area contributed by atoms with Gasteiger partial charge in [0, 0.05) is 35.4 Å². The Hall–Kier alpha value is -4.31. The number of carbonyl (C=O) groups is 2. The Bertz CT molecular complexity index is 1230. The summed E-state index contributed by atoms with van der Waals surface area (Å²) in [5, 5.41) is 15.1. The van der Waals surface area contributed by atoms with Gasteiger partial charge >= 0.3 is 0 Å². The van der Waals surface area contributed by atoms with Crippen LogP contribution in [0.15, 0.2) is 60.2 Å². The third-order valence-electron chi connectivity index (χ3n) is 5.00. The molecule has 33 heavy (non-hydrogen) atoms. The van der Waals surface area contributed by atoms with Crippen LogP contribution in [0.25, 0.3) is 11.8 Å². The highest BCUT2D eigenvalue weighted by Crippen LogP contribution is 2.24. The van der Waals surface area contributed by atoms with E-state index in [1.165, 1.54) is 6.92 Å². The predicted molar refractivity (Wildman–Crippen MR) is 129 cm³/mol. The van der Waals surface area contributed by atoms with Crippen molar-refractivity contribution in [2.45, 2.75) is 27.7 Å². The molecule has 0 unspecified atom stereocenters. The highest BCUT2D eigenvalue weighted by molar-refractivity contribution is 6.09. The van der Waals surface area contributed by atoms with E-state index in [1.54, 1.807) is 30.3 Å². The fourth-order valence-corrected chi connectivity index (χ4v) is 3.53. The number of ether oxygens (including phenoxy) is 1. The molecular formula is C26H26N4O3. The second-order valence-electron chi connectivity index (χ2n) is 7.47. The van der Waals surface area contributed by atoms with E-state index >= 15 is 0 Å². The van der Waals surface area contributed by atoms with Crippen LogP contribution >= 0.6 is 0 Å². The predicted octanol–water partition coefficient (Wildman–Crippen LogP) is 5.00. The Morgan fingerprint density at radius 2 is 1.64 bits per heavy atom. The number of hydrogen-bond donors (Lipinski definition) is 2. The standard InChI is InChI=1S/C26H26N4O3/c1-5-33-25-12-8-23(9-13-25)29-26(32)21(16-27)15-20-14-17(2)30(18(20)3)24-10-6-22(7-11-24)28-19(4)31/h6-15H,5H2,1-4H3,(H,28,31)(H,29,32)/b21-15-. The first-order valence-corrected chi connectivity index (χ1v) is 10.6. The van der Waals surface area contributed by atoms with Gasteiger partial charge in [-0.25, -0.2) is 0 Å². The molecule has 2 N–H and O–H groups in total. The molecule has 2 aromatic carbocycles. The zero-order valence-electron chi connectivity index (χ0n) is 19.1. The summed E-state index contributed by atoms with van der Waals surface area (Å²) in [6.45, 7) is 7.81. The number of hydrogen-bond acceptors (Lipinski definition) is 4. The molecule has 1 heterocycles. The second-order valence-corrected chi connectivity index (χ2v) is 7.47. The Morgan fingerprint density at radius 3 is 2.21 bits per heavy atom. The van der Waals surface area contributed by atoms with Gasteiger partial charge in [0.15, 0.2) is 0 Å². The molecule has 7 heteroatoms. The first-order chi connectivity index (χ1) is 15.8. The normalized spacial score (nSPS) is 10.9. The highest BCUT2D eigenvalue weighted by Gasteiger charge is 2.14. The number of carbonyl (C=O) groups excluding carboxylic acids is 2. The average Bonchev–Trinajstić information content (AvgIpc) is 3.06. The van der Waals surface area contributed by atoms with E-state index in [9.17, 15) is 14.9 Å². The van der Waals surface area contributed by atoms with Crippen molar-refractivity contribution < 1.29 is 14.3 Å². The lowest BCUT2D eigenvalue weighted by Gasteiger charge is -2.11. The second kappa shape index (κ2) is 10.3. The van der Waals surface area contributed by atoms with E-state index in [0.717, 1.165) is 22.6 Å². The van der Waals surface area contributed by atoms with E-state index in [1.807, 2.05) is 61.7 Å². The SMILES string of the molecule is CCOc1ccc(NC(=O)/C(C#N)=C\c2cc(C)n(-c3ccc(NC(C)=O)cc3)c2C)cc1. The number of amides is 2. The summed E-state index contributed by atoms with van der Waals surface area (Å²) in [5.74, 6) is 0.103. The summed E-state index contributed by atoms with van der Waals surface area (Å²) in [4.78, 5) is 23.9. The summed E-state index contributed by atoms with van der Waals surface area (Å²) in [6, 6.07) is 18.4. The summed E-state index contributed by atoms with van der Waals surface area (Å²) in [7, 11) is 0. The van der Waals surface area contributed by atoms with Crippen molar-refractivity contribution in [2.24, 2.45) is 0 Å². The number of aromatic nitrogens is 1. The number of nitriles is 1. The molecule has 0 aliphatic heterocycles. The van der Waals surface area contributed by atoms with Gasteiger partial charge in [-0.2, -0.15) is 5.26 Å². The van der Waals surface area contributed by atoms with Crippen molar-refractivity contribution in [3.8, 4) is 17.5 Å². The van der Waals surface area contributed by atoms with Crippen molar-refractivity contribution in [1.82, 2.24) is 4.57 Å². The van der Waals surface area contributed by atoms with Crippen LogP contribution in [0.2, 0.25) is 0 Å². The first-order valence-electron chi connectivity index (χ1n) is 10.6. The summed E-state index contributed by atoms with van der Waals surface area (Å²) < 4.78 is 7.43. The number of nitrogens with one attached hydrogen (secondary N) is 2. The molecule has 0 saturated heterocycles. The number of aryl methyl sites for hydroxylation is 1. The molecule has 0 spiro atoms. The zero-order chi connectivity index (χ0) is 24.0. The van der Waals surface area contributed by atoms with Crippen LogP contribution in [0.4, 0.5) is 11.4 Å². The molecular weight excluding hydrogens is 416 g/mol. The van der Waals surface area contributed by atoms with Gasteiger partial charge in [-0.3, -0.25) is 9.59 Å². The Morgan fingerprint density at radius 1 is 1.03 bits per heavy atom. The molecule has 2 amide bonds. The molecule has 0 atom stereocenters. The summed E-state index contributed by atoms with van der Waals surface area (Å²) in [5.41, 5.74) is 4.83. The van der Waals surface area contributed by atoms with Gasteiger partial charge in [-0.1, -0.05) is 0 Å². The van der Waals surface area contributed by atoms with Crippen molar-refractivity contribution in [3.05, 3.63) is 77.1 Å². The Kier molecular flexibility index (Phi) is 7.31. The molecule has 168 valence electrons. The van der Waals surface area contributed by atoms with Crippen LogP contribution in [0.1, 0.15) is 30.8 Å². The third-order valence-corrected chi connectivity index (χ3v) is 5.00. The molecule has 0 radical (unpaired) electrons. The molecule has 3 rings (SSSR count). The first kappa shape index (κ1) is 23.4. The lowest BCUT2D eigenvalue weighted by molar-refractivity contribution is -0.114. The van der Waals surface area contributed by atoms with E-state index in [-0.39, 0.29) is 11.5 Å². The number of rotatable bonds is 7. The molecule has 0 aliphatic carbocycles. The monoisotopic (exact) mass is 442 g/mol. The van der Waals surface area contributed by atoms with Crippen LogP contribution in [-0.4, -0.2) is 23.0 Å². The Balaban J connectivity index is 1.83. The largest absolute Gasteiger partial charge is 0.494 e. The van der Waals surface area contributed by atoms with Gasteiger partial charge in [-0.05, 0) is 87.0 Å². The maximum atomic E-state index is 12.7. The molecule has 0 aliphatic rings.